The summed E-state index contributed by atoms with van der Waals surface area (Å²) >= 11 is 0. The number of benzene rings is 1. The number of hydrogen-bond acceptors (Lipinski definition) is 3. The third kappa shape index (κ3) is 5.19. The molecule has 2 fully saturated rings. The lowest BCUT2D eigenvalue weighted by molar-refractivity contribution is -1.12. The van der Waals surface area contributed by atoms with E-state index < -0.39 is 6.04 Å². The van der Waals surface area contributed by atoms with Crippen LogP contribution in [0.3, 0.4) is 0 Å². The van der Waals surface area contributed by atoms with Crippen LogP contribution in [0.2, 0.25) is 0 Å². The maximum atomic E-state index is 13.6. The van der Waals surface area contributed by atoms with Crippen molar-refractivity contribution in [1.82, 2.24) is 5.32 Å². The molecule has 29 heavy (non-hydrogen) atoms. The molecule has 3 rings (SSSR count). The summed E-state index contributed by atoms with van der Waals surface area (Å²) in [7, 11) is 0. The molecule has 2 aliphatic rings. The normalized spacial score (nSPS) is 33.6. The van der Waals surface area contributed by atoms with Crippen LogP contribution in [0, 0.1) is 11.8 Å². The molecular weight excluding hydrogens is 362 g/mol. The number of nitrogens with two attached hydrogens (primary N) is 1. The third-order valence-electron chi connectivity index (χ3n) is 6.76. The first-order valence-corrected chi connectivity index (χ1v) is 11.3. The number of hydroxylamine groups is 3. The first-order chi connectivity index (χ1) is 13.6. The van der Waals surface area contributed by atoms with Crippen molar-refractivity contribution in [2.75, 3.05) is 13.1 Å². The Balaban J connectivity index is 2.05. The van der Waals surface area contributed by atoms with E-state index in [-0.39, 0.29) is 28.1 Å². The number of carbonyl (C=O) groups is 1. The second-order valence-electron chi connectivity index (χ2n) is 10.5. The maximum absolute atomic E-state index is 13.6. The summed E-state index contributed by atoms with van der Waals surface area (Å²) in [5.74, 6) is 0.875. The first-order valence-electron chi connectivity index (χ1n) is 11.3. The Morgan fingerprint density at radius 3 is 2.52 bits per heavy atom. The van der Waals surface area contributed by atoms with Crippen LogP contribution >= 0.6 is 0 Å². The van der Waals surface area contributed by atoms with Gasteiger partial charge >= 0.3 is 0 Å². The molecule has 5 heteroatoms. The zero-order chi connectivity index (χ0) is 21.2. The van der Waals surface area contributed by atoms with Crippen LogP contribution in [-0.4, -0.2) is 46.5 Å². The summed E-state index contributed by atoms with van der Waals surface area (Å²) in [6.07, 6.45) is 5.41. The van der Waals surface area contributed by atoms with Crippen molar-refractivity contribution < 1.29 is 14.6 Å². The lowest BCUT2D eigenvalue weighted by Crippen LogP contribution is -2.69. The molecule has 1 aromatic rings. The number of carbonyl (C=O) groups excluding carboxylic acids is 1. The van der Waals surface area contributed by atoms with Crippen molar-refractivity contribution in [2.45, 2.75) is 83.3 Å². The van der Waals surface area contributed by atoms with Crippen molar-refractivity contribution in [3.05, 3.63) is 35.9 Å². The van der Waals surface area contributed by atoms with Crippen molar-refractivity contribution in [3.63, 3.8) is 0 Å². The minimum atomic E-state index is -0.505. The summed E-state index contributed by atoms with van der Waals surface area (Å²) in [6, 6.07) is 9.89. The summed E-state index contributed by atoms with van der Waals surface area (Å²) in [6.45, 7) is 9.15. The van der Waals surface area contributed by atoms with E-state index in [4.69, 9.17) is 5.73 Å². The largest absolute Gasteiger partial charge is 0.346 e. The molecule has 0 radical (unpaired) electrons. The van der Waals surface area contributed by atoms with E-state index in [1.165, 1.54) is 18.4 Å². The summed E-state index contributed by atoms with van der Waals surface area (Å²) in [5, 5.41) is 15.1. The molecule has 0 aromatic heterocycles. The highest BCUT2D eigenvalue weighted by molar-refractivity contribution is 5.82. The third-order valence-corrected chi connectivity index (χ3v) is 6.76. The zero-order valence-electron chi connectivity index (χ0n) is 18.6. The van der Waals surface area contributed by atoms with Gasteiger partial charge in [0.2, 0.25) is 6.04 Å². The zero-order valence-corrected chi connectivity index (χ0v) is 18.6. The van der Waals surface area contributed by atoms with Gasteiger partial charge in [-0.15, -0.1) is 0 Å². The Hall–Kier alpha value is -1.43. The molecule has 162 valence electrons. The van der Waals surface area contributed by atoms with Crippen LogP contribution in [0.1, 0.15) is 71.3 Å². The number of nitrogens with one attached hydrogen (secondary N) is 1. The highest BCUT2D eigenvalue weighted by Crippen LogP contribution is 2.49. The van der Waals surface area contributed by atoms with E-state index in [0.717, 1.165) is 12.8 Å². The van der Waals surface area contributed by atoms with Crippen molar-refractivity contribution in [3.8, 4) is 0 Å². The van der Waals surface area contributed by atoms with E-state index in [2.05, 4.69) is 29.6 Å². The topological polar surface area (TPSA) is 75.3 Å². The standard InChI is InChI=1S/C24H39N3O2/c1-17(25)14-15-27(29)16-19-12-8-9-13-20(19)21(18-10-6-5-7-11-18)22(27)23(28)26-24(2,3)4/h5-7,10-11,17,19-22,29H,8-9,12-16,25H2,1-4H3/p+1/t17?,19-,20+,21?,22+,27-/m1/s1. The SMILES string of the molecule is CC(N)CC[N@@+]1(O)C[C@H]2CCCC[C@@H]2C(c2ccccc2)[C@H]1C(=O)NC(C)(C)C. The number of hydrogen-bond donors (Lipinski definition) is 3. The minimum Gasteiger partial charge on any atom is -0.346 e. The number of amides is 1. The predicted molar refractivity (Wildman–Crippen MR) is 116 cm³/mol. The smallest absolute Gasteiger partial charge is 0.282 e. The molecule has 1 heterocycles. The van der Waals surface area contributed by atoms with Gasteiger partial charge in [0.25, 0.3) is 5.91 Å². The Kier molecular flexibility index (Phi) is 6.71. The molecule has 5 nitrogen and oxygen atoms in total. The monoisotopic (exact) mass is 402 g/mol. The highest BCUT2D eigenvalue weighted by Gasteiger charge is 2.57. The fourth-order valence-corrected chi connectivity index (χ4v) is 5.58. The molecule has 0 bridgehead atoms. The molecule has 1 aliphatic carbocycles. The van der Waals surface area contributed by atoms with Crippen LogP contribution in [0.5, 0.6) is 0 Å². The van der Waals surface area contributed by atoms with Crippen LogP contribution in [0.25, 0.3) is 0 Å². The van der Waals surface area contributed by atoms with Gasteiger partial charge in [0, 0.05) is 23.9 Å². The average molecular weight is 403 g/mol. The van der Waals surface area contributed by atoms with Gasteiger partial charge in [-0.2, -0.15) is 4.65 Å². The second kappa shape index (κ2) is 8.75. The summed E-state index contributed by atoms with van der Waals surface area (Å²) in [4.78, 5) is 13.6. The van der Waals surface area contributed by atoms with Crippen molar-refractivity contribution in [1.29, 1.82) is 0 Å². The fraction of sp³-hybridized carbons (Fsp3) is 0.708. The van der Waals surface area contributed by atoms with Gasteiger partial charge in [-0.1, -0.05) is 43.2 Å². The van der Waals surface area contributed by atoms with Gasteiger partial charge in [0.1, 0.15) is 13.1 Å². The molecule has 1 aromatic carbocycles. The number of likely N-dealkylation sites (tertiary alicyclic amines) is 1. The van der Waals surface area contributed by atoms with Gasteiger partial charge in [-0.05, 0) is 52.0 Å². The molecule has 1 saturated heterocycles. The number of quaternary nitrogens is 1. The summed E-state index contributed by atoms with van der Waals surface area (Å²) < 4.78 is -0.190. The van der Waals surface area contributed by atoms with Gasteiger partial charge < -0.3 is 11.1 Å². The number of rotatable bonds is 5. The fourth-order valence-electron chi connectivity index (χ4n) is 5.58. The Bertz CT molecular complexity index is 685. The Morgan fingerprint density at radius 2 is 1.90 bits per heavy atom. The lowest BCUT2D eigenvalue weighted by atomic mass is 9.64. The number of piperidine rings is 1. The Labute approximate surface area is 176 Å². The van der Waals surface area contributed by atoms with E-state index in [9.17, 15) is 10.0 Å². The predicted octanol–water partition coefficient (Wildman–Crippen LogP) is 3.82. The second-order valence-corrected chi connectivity index (χ2v) is 10.5. The number of fused-ring (bicyclic) bond motifs is 1. The molecule has 1 aliphatic heterocycles. The van der Waals surface area contributed by atoms with Crippen molar-refractivity contribution in [2.24, 2.45) is 17.6 Å². The lowest BCUT2D eigenvalue weighted by Gasteiger charge is -2.52. The first kappa shape index (κ1) is 22.3. The van der Waals surface area contributed by atoms with Gasteiger partial charge in [0.15, 0.2) is 0 Å². The Morgan fingerprint density at radius 1 is 1.24 bits per heavy atom. The van der Waals surface area contributed by atoms with Gasteiger partial charge in [0.05, 0.1) is 5.92 Å². The van der Waals surface area contributed by atoms with E-state index in [0.29, 0.717) is 31.3 Å². The molecule has 6 atom stereocenters. The molecule has 4 N–H and O–H groups in total. The number of nitrogens with zero attached hydrogens (tertiary/aromatic N) is 1. The quantitative estimate of drug-likeness (QED) is 0.656. The van der Waals surface area contributed by atoms with E-state index in [1.54, 1.807) is 0 Å². The summed E-state index contributed by atoms with van der Waals surface area (Å²) in [5.41, 5.74) is 6.88. The maximum Gasteiger partial charge on any atom is 0.282 e. The molecule has 1 saturated carbocycles. The van der Waals surface area contributed by atoms with Crippen LogP contribution in [0.4, 0.5) is 0 Å². The molecule has 0 spiro atoms. The molecular formula is C24H40N3O2+. The van der Waals surface area contributed by atoms with E-state index in [1.807, 2.05) is 33.8 Å². The molecule has 1 amide bonds. The average Bonchev–Trinajstić information content (AvgIpc) is 2.64. The molecule has 2 unspecified atom stereocenters. The minimum absolute atomic E-state index is 0.00253. The van der Waals surface area contributed by atoms with Crippen LogP contribution in [0.15, 0.2) is 30.3 Å². The van der Waals surface area contributed by atoms with Gasteiger partial charge in [-0.3, -0.25) is 4.79 Å². The van der Waals surface area contributed by atoms with Crippen LogP contribution < -0.4 is 11.1 Å². The van der Waals surface area contributed by atoms with E-state index >= 15 is 0 Å². The van der Waals surface area contributed by atoms with Gasteiger partial charge in [-0.25, -0.2) is 5.21 Å². The van der Waals surface area contributed by atoms with Crippen LogP contribution in [-0.2, 0) is 4.79 Å². The highest BCUT2D eigenvalue weighted by atomic mass is 16.5. The van der Waals surface area contributed by atoms with Crippen molar-refractivity contribution >= 4 is 5.91 Å².